The van der Waals surface area contributed by atoms with E-state index in [0.717, 1.165) is 23.4 Å². The van der Waals surface area contributed by atoms with Crippen molar-refractivity contribution < 1.29 is 9.47 Å². The Labute approximate surface area is 161 Å². The SMILES string of the molecule is CCN(Cc1nc2ccccc2c(=O)[nH]1)Cc1cc(Cl)cc2c1OCOC2. The number of rotatable bonds is 5. The fraction of sp³-hybridized carbons (Fsp3) is 0.300. The van der Waals surface area contributed by atoms with E-state index >= 15 is 0 Å². The van der Waals surface area contributed by atoms with Crippen LogP contribution in [0.15, 0.2) is 41.2 Å². The van der Waals surface area contributed by atoms with E-state index in [0.29, 0.717) is 41.4 Å². The molecule has 7 heteroatoms. The summed E-state index contributed by atoms with van der Waals surface area (Å²) >= 11 is 6.27. The molecule has 0 saturated carbocycles. The third kappa shape index (κ3) is 3.83. The Bertz CT molecular complexity index is 1030. The minimum Gasteiger partial charge on any atom is -0.467 e. The van der Waals surface area contributed by atoms with Crippen molar-refractivity contribution in [3.8, 4) is 5.75 Å². The first-order chi connectivity index (χ1) is 13.1. The van der Waals surface area contributed by atoms with Crippen LogP contribution in [0.4, 0.5) is 0 Å². The molecule has 27 heavy (non-hydrogen) atoms. The first kappa shape index (κ1) is 18.0. The highest BCUT2D eigenvalue weighted by Crippen LogP contribution is 2.32. The third-order valence-corrected chi connectivity index (χ3v) is 4.85. The highest BCUT2D eigenvalue weighted by Gasteiger charge is 2.18. The van der Waals surface area contributed by atoms with Gasteiger partial charge in [0.15, 0.2) is 6.79 Å². The van der Waals surface area contributed by atoms with Gasteiger partial charge in [-0.2, -0.15) is 0 Å². The Kier molecular flexibility index (Phi) is 5.11. The van der Waals surface area contributed by atoms with Crippen LogP contribution in [0.5, 0.6) is 5.75 Å². The number of aromatic amines is 1. The lowest BCUT2D eigenvalue weighted by Crippen LogP contribution is -2.26. The summed E-state index contributed by atoms with van der Waals surface area (Å²) < 4.78 is 11.0. The van der Waals surface area contributed by atoms with Crippen molar-refractivity contribution in [2.24, 2.45) is 0 Å². The normalized spacial score (nSPS) is 13.6. The summed E-state index contributed by atoms with van der Waals surface area (Å²) in [6.07, 6.45) is 0. The van der Waals surface area contributed by atoms with Gasteiger partial charge < -0.3 is 14.5 Å². The molecule has 140 valence electrons. The molecule has 0 radical (unpaired) electrons. The fourth-order valence-corrected chi connectivity index (χ4v) is 3.58. The molecule has 0 unspecified atom stereocenters. The zero-order valence-electron chi connectivity index (χ0n) is 15.0. The number of nitrogens with one attached hydrogen (secondary N) is 1. The number of halogens is 1. The maximum Gasteiger partial charge on any atom is 0.258 e. The summed E-state index contributed by atoms with van der Waals surface area (Å²) in [6, 6.07) is 11.1. The second-order valence-electron chi connectivity index (χ2n) is 6.50. The molecular formula is C20H20ClN3O3. The van der Waals surface area contributed by atoms with E-state index in [9.17, 15) is 4.79 Å². The largest absolute Gasteiger partial charge is 0.467 e. The lowest BCUT2D eigenvalue weighted by Gasteiger charge is -2.25. The second kappa shape index (κ2) is 7.68. The number of benzene rings is 2. The minimum atomic E-state index is -0.118. The molecule has 1 aliphatic heterocycles. The van der Waals surface area contributed by atoms with Gasteiger partial charge in [-0.15, -0.1) is 0 Å². The van der Waals surface area contributed by atoms with E-state index in [1.165, 1.54) is 0 Å². The van der Waals surface area contributed by atoms with Crippen molar-refractivity contribution in [2.45, 2.75) is 26.6 Å². The average Bonchev–Trinajstić information content (AvgIpc) is 2.67. The zero-order valence-corrected chi connectivity index (χ0v) is 15.8. The van der Waals surface area contributed by atoms with Crippen LogP contribution < -0.4 is 10.3 Å². The first-order valence-electron chi connectivity index (χ1n) is 8.86. The molecule has 1 N–H and O–H groups in total. The molecule has 1 aromatic heterocycles. The summed E-state index contributed by atoms with van der Waals surface area (Å²) in [6.45, 7) is 4.75. The van der Waals surface area contributed by atoms with Crippen LogP contribution in [0.25, 0.3) is 10.9 Å². The Morgan fingerprint density at radius 3 is 2.96 bits per heavy atom. The van der Waals surface area contributed by atoms with E-state index in [1.54, 1.807) is 6.07 Å². The van der Waals surface area contributed by atoms with Crippen LogP contribution >= 0.6 is 11.6 Å². The van der Waals surface area contributed by atoms with Gasteiger partial charge in [0.25, 0.3) is 5.56 Å². The Balaban J connectivity index is 1.61. The number of fused-ring (bicyclic) bond motifs is 2. The van der Waals surface area contributed by atoms with Gasteiger partial charge in [-0.25, -0.2) is 4.98 Å². The van der Waals surface area contributed by atoms with Gasteiger partial charge in [-0.05, 0) is 30.8 Å². The van der Waals surface area contributed by atoms with Crippen molar-refractivity contribution in [2.75, 3.05) is 13.3 Å². The molecule has 0 atom stereocenters. The van der Waals surface area contributed by atoms with Gasteiger partial charge in [0, 0.05) is 22.7 Å². The van der Waals surface area contributed by atoms with Gasteiger partial charge in [0.2, 0.25) is 0 Å². The summed E-state index contributed by atoms with van der Waals surface area (Å²) in [5, 5.41) is 1.26. The maximum atomic E-state index is 12.3. The molecule has 0 bridgehead atoms. The quantitative estimate of drug-likeness (QED) is 0.728. The molecule has 2 aromatic carbocycles. The van der Waals surface area contributed by atoms with Crippen molar-refractivity contribution in [1.29, 1.82) is 0 Å². The van der Waals surface area contributed by atoms with E-state index in [1.807, 2.05) is 30.3 Å². The Hall–Kier alpha value is -2.41. The van der Waals surface area contributed by atoms with Gasteiger partial charge in [0.1, 0.15) is 11.6 Å². The molecule has 1 aliphatic rings. The fourth-order valence-electron chi connectivity index (χ4n) is 3.32. The molecule has 6 nitrogen and oxygen atoms in total. The molecular weight excluding hydrogens is 366 g/mol. The first-order valence-corrected chi connectivity index (χ1v) is 9.24. The van der Waals surface area contributed by atoms with Gasteiger partial charge in [-0.3, -0.25) is 9.69 Å². The van der Waals surface area contributed by atoms with Crippen LogP contribution in [-0.2, 0) is 24.4 Å². The highest BCUT2D eigenvalue weighted by atomic mass is 35.5. The standard InChI is InChI=1S/C20H20ClN3O3/c1-2-24(9-13-7-15(21)8-14-11-26-12-27-19(13)14)10-18-22-17-6-4-3-5-16(17)20(25)23-18/h3-8H,2,9-12H2,1H3,(H,22,23,25). The maximum absolute atomic E-state index is 12.3. The van der Waals surface area contributed by atoms with Crippen LogP contribution in [0.1, 0.15) is 23.9 Å². The van der Waals surface area contributed by atoms with Crippen LogP contribution in [0, 0.1) is 0 Å². The van der Waals surface area contributed by atoms with Crippen molar-refractivity contribution >= 4 is 22.5 Å². The molecule has 0 spiro atoms. The van der Waals surface area contributed by atoms with Gasteiger partial charge in [-0.1, -0.05) is 30.7 Å². The number of nitrogens with zero attached hydrogens (tertiary/aromatic N) is 2. The topological polar surface area (TPSA) is 67.5 Å². The predicted octanol–water partition coefficient (Wildman–Crippen LogP) is 3.47. The van der Waals surface area contributed by atoms with Crippen LogP contribution in [-0.4, -0.2) is 28.2 Å². The lowest BCUT2D eigenvalue weighted by molar-refractivity contribution is -0.0174. The number of H-pyrrole nitrogens is 1. The molecule has 3 aromatic rings. The van der Waals surface area contributed by atoms with E-state index < -0.39 is 0 Å². The number of para-hydroxylation sites is 1. The molecule has 0 saturated heterocycles. The van der Waals surface area contributed by atoms with Crippen LogP contribution in [0.2, 0.25) is 5.02 Å². The van der Waals surface area contributed by atoms with Crippen molar-refractivity contribution in [1.82, 2.24) is 14.9 Å². The van der Waals surface area contributed by atoms with E-state index in [4.69, 9.17) is 21.1 Å². The number of hydrogen-bond donors (Lipinski definition) is 1. The van der Waals surface area contributed by atoms with Crippen LogP contribution in [0.3, 0.4) is 0 Å². The van der Waals surface area contributed by atoms with Crippen molar-refractivity contribution in [3.63, 3.8) is 0 Å². The molecule has 0 aliphatic carbocycles. The number of aromatic nitrogens is 2. The Morgan fingerprint density at radius 1 is 1.26 bits per heavy atom. The molecule has 4 rings (SSSR count). The molecule has 0 fully saturated rings. The second-order valence-corrected chi connectivity index (χ2v) is 6.93. The third-order valence-electron chi connectivity index (χ3n) is 4.63. The molecule has 0 amide bonds. The van der Waals surface area contributed by atoms with E-state index in [2.05, 4.69) is 21.8 Å². The van der Waals surface area contributed by atoms with E-state index in [-0.39, 0.29) is 12.4 Å². The summed E-state index contributed by atoms with van der Waals surface area (Å²) in [7, 11) is 0. The smallest absolute Gasteiger partial charge is 0.258 e. The lowest BCUT2D eigenvalue weighted by atomic mass is 10.1. The predicted molar refractivity (Wildman–Crippen MR) is 104 cm³/mol. The minimum absolute atomic E-state index is 0.118. The average molecular weight is 386 g/mol. The highest BCUT2D eigenvalue weighted by molar-refractivity contribution is 6.30. The molecule has 2 heterocycles. The summed E-state index contributed by atoms with van der Waals surface area (Å²) in [5.41, 5.74) is 2.54. The zero-order chi connectivity index (χ0) is 18.8. The number of hydrogen-bond acceptors (Lipinski definition) is 5. The van der Waals surface area contributed by atoms with Gasteiger partial charge in [0.05, 0.1) is 24.1 Å². The van der Waals surface area contributed by atoms with Gasteiger partial charge >= 0.3 is 0 Å². The monoisotopic (exact) mass is 385 g/mol. The summed E-state index contributed by atoms with van der Waals surface area (Å²) in [5.74, 6) is 1.48. The Morgan fingerprint density at radius 2 is 2.11 bits per heavy atom. The van der Waals surface area contributed by atoms with Crippen molar-refractivity contribution in [3.05, 3.63) is 68.7 Å². The number of ether oxygens (including phenoxy) is 2. The summed E-state index contributed by atoms with van der Waals surface area (Å²) in [4.78, 5) is 22.0.